The van der Waals surface area contributed by atoms with Crippen molar-refractivity contribution < 1.29 is 0 Å². The summed E-state index contributed by atoms with van der Waals surface area (Å²) in [6, 6.07) is 8.99. The van der Waals surface area contributed by atoms with Crippen molar-refractivity contribution in [2.45, 2.75) is 39.5 Å². The zero-order chi connectivity index (χ0) is 13.7. The van der Waals surface area contributed by atoms with E-state index in [0.29, 0.717) is 12.6 Å². The molecule has 2 N–H and O–H groups in total. The molecule has 2 aromatic rings. The summed E-state index contributed by atoms with van der Waals surface area (Å²) in [7, 11) is 0. The van der Waals surface area contributed by atoms with Gasteiger partial charge < -0.3 is 5.73 Å². The standard InChI is InChI=1S/C15H21N3S/c1-12(2)18(11-15-4-3-7-19-15)10-13-5-6-17-14(8-13)9-16/h3-8,12H,9-11,16H2,1-2H3. The fraction of sp³-hybridized carbons (Fsp3) is 0.400. The van der Waals surface area contributed by atoms with Gasteiger partial charge in [-0.2, -0.15) is 0 Å². The summed E-state index contributed by atoms with van der Waals surface area (Å²) in [6.07, 6.45) is 1.85. The van der Waals surface area contributed by atoms with Gasteiger partial charge >= 0.3 is 0 Å². The van der Waals surface area contributed by atoms with Crippen molar-refractivity contribution in [1.29, 1.82) is 0 Å². The predicted molar refractivity (Wildman–Crippen MR) is 80.8 cm³/mol. The first-order valence-electron chi connectivity index (χ1n) is 6.59. The molecule has 2 rings (SSSR count). The average Bonchev–Trinajstić information content (AvgIpc) is 2.91. The molecular formula is C15H21N3S. The quantitative estimate of drug-likeness (QED) is 0.881. The van der Waals surface area contributed by atoms with Crippen LogP contribution in [0.15, 0.2) is 35.8 Å². The van der Waals surface area contributed by atoms with Crippen LogP contribution in [0.4, 0.5) is 0 Å². The van der Waals surface area contributed by atoms with Crippen LogP contribution in [0.5, 0.6) is 0 Å². The van der Waals surface area contributed by atoms with E-state index in [-0.39, 0.29) is 0 Å². The SMILES string of the molecule is CC(C)N(Cc1ccnc(CN)c1)Cc1cccs1. The molecule has 0 atom stereocenters. The van der Waals surface area contributed by atoms with E-state index in [4.69, 9.17) is 5.73 Å². The molecule has 0 fully saturated rings. The molecule has 0 unspecified atom stereocenters. The molecule has 2 aromatic heterocycles. The van der Waals surface area contributed by atoms with Gasteiger partial charge in [0.25, 0.3) is 0 Å². The fourth-order valence-corrected chi connectivity index (χ4v) is 2.73. The Kier molecular flexibility index (Phi) is 5.07. The van der Waals surface area contributed by atoms with Crippen molar-refractivity contribution >= 4 is 11.3 Å². The summed E-state index contributed by atoms with van der Waals surface area (Å²) in [5, 5.41) is 2.13. The minimum absolute atomic E-state index is 0.500. The van der Waals surface area contributed by atoms with Crippen LogP contribution in [0.2, 0.25) is 0 Å². The number of nitrogens with two attached hydrogens (primary N) is 1. The first-order valence-corrected chi connectivity index (χ1v) is 7.47. The first-order chi connectivity index (χ1) is 9.19. The number of nitrogens with zero attached hydrogens (tertiary/aromatic N) is 2. The Hall–Kier alpha value is -1.23. The molecule has 0 bridgehead atoms. The maximum Gasteiger partial charge on any atom is 0.0542 e. The second-order valence-corrected chi connectivity index (χ2v) is 5.97. The average molecular weight is 275 g/mol. The highest BCUT2D eigenvalue weighted by Gasteiger charge is 2.11. The molecule has 19 heavy (non-hydrogen) atoms. The van der Waals surface area contributed by atoms with E-state index in [2.05, 4.69) is 53.4 Å². The maximum atomic E-state index is 5.64. The van der Waals surface area contributed by atoms with E-state index in [9.17, 15) is 0 Å². The highest BCUT2D eigenvalue weighted by atomic mass is 32.1. The number of hydrogen-bond donors (Lipinski definition) is 1. The summed E-state index contributed by atoms with van der Waals surface area (Å²) in [6.45, 7) is 6.90. The third-order valence-corrected chi connectivity index (χ3v) is 4.01. The molecule has 0 saturated carbocycles. The lowest BCUT2D eigenvalue weighted by Gasteiger charge is -2.26. The Labute approximate surface area is 119 Å². The fourth-order valence-electron chi connectivity index (χ4n) is 2.00. The summed E-state index contributed by atoms with van der Waals surface area (Å²) in [5.74, 6) is 0. The minimum atomic E-state index is 0.500. The van der Waals surface area contributed by atoms with Gasteiger partial charge in [-0.15, -0.1) is 11.3 Å². The van der Waals surface area contributed by atoms with E-state index in [1.807, 2.05) is 17.5 Å². The Balaban J connectivity index is 2.07. The molecule has 0 spiro atoms. The van der Waals surface area contributed by atoms with Gasteiger partial charge in [-0.05, 0) is 43.0 Å². The lowest BCUT2D eigenvalue weighted by molar-refractivity contribution is 0.205. The van der Waals surface area contributed by atoms with Gasteiger partial charge in [-0.3, -0.25) is 9.88 Å². The van der Waals surface area contributed by atoms with Crippen molar-refractivity contribution in [2.24, 2.45) is 5.73 Å². The molecule has 0 aliphatic carbocycles. The largest absolute Gasteiger partial charge is 0.325 e. The minimum Gasteiger partial charge on any atom is -0.325 e. The number of pyridine rings is 1. The van der Waals surface area contributed by atoms with Crippen molar-refractivity contribution in [3.63, 3.8) is 0 Å². The zero-order valence-electron chi connectivity index (χ0n) is 11.5. The second-order valence-electron chi connectivity index (χ2n) is 4.94. The van der Waals surface area contributed by atoms with Crippen LogP contribution in [0.1, 0.15) is 30.0 Å². The smallest absolute Gasteiger partial charge is 0.0542 e. The van der Waals surface area contributed by atoms with Gasteiger partial charge in [0.05, 0.1) is 5.69 Å². The van der Waals surface area contributed by atoms with Gasteiger partial charge in [0, 0.05) is 36.8 Å². The van der Waals surface area contributed by atoms with Crippen LogP contribution in [-0.4, -0.2) is 15.9 Å². The molecule has 0 aromatic carbocycles. The molecule has 102 valence electrons. The molecule has 0 aliphatic heterocycles. The van der Waals surface area contributed by atoms with Crippen molar-refractivity contribution in [3.05, 3.63) is 52.0 Å². The first kappa shape index (κ1) is 14.2. The Morgan fingerprint density at radius 2 is 2.16 bits per heavy atom. The molecule has 3 nitrogen and oxygen atoms in total. The normalized spacial score (nSPS) is 11.4. The Morgan fingerprint density at radius 3 is 2.79 bits per heavy atom. The molecule has 2 heterocycles. The summed E-state index contributed by atoms with van der Waals surface area (Å²) >= 11 is 1.81. The van der Waals surface area contributed by atoms with Crippen LogP contribution in [0, 0.1) is 0 Å². The van der Waals surface area contributed by atoms with Gasteiger partial charge in [-0.1, -0.05) is 6.07 Å². The van der Waals surface area contributed by atoms with Crippen molar-refractivity contribution in [1.82, 2.24) is 9.88 Å². The van der Waals surface area contributed by atoms with Gasteiger partial charge in [0.15, 0.2) is 0 Å². The summed E-state index contributed by atoms with van der Waals surface area (Å²) < 4.78 is 0. The van der Waals surface area contributed by atoms with Crippen molar-refractivity contribution in [3.8, 4) is 0 Å². The monoisotopic (exact) mass is 275 g/mol. The van der Waals surface area contributed by atoms with Crippen LogP contribution < -0.4 is 5.73 Å². The van der Waals surface area contributed by atoms with Gasteiger partial charge in [-0.25, -0.2) is 0 Å². The molecular weight excluding hydrogens is 254 g/mol. The van der Waals surface area contributed by atoms with Crippen molar-refractivity contribution in [2.75, 3.05) is 0 Å². The van der Waals surface area contributed by atoms with E-state index in [0.717, 1.165) is 18.8 Å². The number of rotatable bonds is 6. The number of hydrogen-bond acceptors (Lipinski definition) is 4. The highest BCUT2D eigenvalue weighted by Crippen LogP contribution is 2.16. The molecule has 0 amide bonds. The summed E-state index contributed by atoms with van der Waals surface area (Å²) in [4.78, 5) is 8.11. The van der Waals surface area contributed by atoms with Crippen LogP contribution in [0.25, 0.3) is 0 Å². The zero-order valence-corrected chi connectivity index (χ0v) is 12.4. The molecule has 0 aliphatic rings. The topological polar surface area (TPSA) is 42.2 Å². The number of aromatic nitrogens is 1. The molecule has 4 heteroatoms. The third kappa shape index (κ3) is 4.13. The predicted octanol–water partition coefficient (Wildman–Crippen LogP) is 3.01. The Bertz CT molecular complexity index is 494. The van der Waals surface area contributed by atoms with Gasteiger partial charge in [0.1, 0.15) is 0 Å². The van der Waals surface area contributed by atoms with E-state index < -0.39 is 0 Å². The van der Waals surface area contributed by atoms with E-state index in [1.165, 1.54) is 10.4 Å². The number of thiophene rings is 1. The Morgan fingerprint density at radius 1 is 1.32 bits per heavy atom. The lowest BCUT2D eigenvalue weighted by Crippen LogP contribution is -2.29. The van der Waals surface area contributed by atoms with Crippen LogP contribution >= 0.6 is 11.3 Å². The summed E-state index contributed by atoms with van der Waals surface area (Å²) in [5.41, 5.74) is 7.88. The van der Waals surface area contributed by atoms with Crippen LogP contribution in [-0.2, 0) is 19.6 Å². The molecule has 0 saturated heterocycles. The lowest BCUT2D eigenvalue weighted by atomic mass is 10.2. The third-order valence-electron chi connectivity index (χ3n) is 3.15. The maximum absolute atomic E-state index is 5.64. The van der Waals surface area contributed by atoms with Gasteiger partial charge in [0.2, 0.25) is 0 Å². The van der Waals surface area contributed by atoms with Crippen LogP contribution in [0.3, 0.4) is 0 Å². The highest BCUT2D eigenvalue weighted by molar-refractivity contribution is 7.09. The second kappa shape index (κ2) is 6.80. The van der Waals surface area contributed by atoms with E-state index in [1.54, 1.807) is 0 Å². The van der Waals surface area contributed by atoms with E-state index >= 15 is 0 Å². The molecule has 0 radical (unpaired) electrons.